The van der Waals surface area contributed by atoms with Gasteiger partial charge in [0.1, 0.15) is 16.0 Å². The third kappa shape index (κ3) is 6.01. The molecule has 1 heterocycles. The number of carbonyl (C=O) groups excluding carboxylic acids is 1. The van der Waals surface area contributed by atoms with Crippen molar-refractivity contribution in [1.82, 2.24) is 8.86 Å². The Kier molecular flexibility index (Phi) is 8.37. The molecule has 0 fully saturated rings. The molecule has 1 aromatic rings. The fraction of sp³-hybridized carbons (Fsp3) is 0.714. The first-order chi connectivity index (χ1) is 9.97. The van der Waals surface area contributed by atoms with Crippen molar-refractivity contribution in [2.24, 2.45) is 0 Å². The van der Waals surface area contributed by atoms with E-state index in [-0.39, 0.29) is 27.5 Å². The Labute approximate surface area is 139 Å². The van der Waals surface area contributed by atoms with E-state index in [1.807, 2.05) is 0 Å². The Balaban J connectivity index is 2.48. The summed E-state index contributed by atoms with van der Waals surface area (Å²) in [6, 6.07) is 0. The van der Waals surface area contributed by atoms with E-state index in [2.05, 4.69) is 6.92 Å². The normalized spacial score (nSPS) is 10.9. The van der Waals surface area contributed by atoms with E-state index in [0.717, 1.165) is 24.4 Å². The van der Waals surface area contributed by atoms with Crippen LogP contribution in [0, 0.1) is 0 Å². The van der Waals surface area contributed by atoms with Crippen molar-refractivity contribution in [3.05, 3.63) is 19.7 Å². The average Bonchev–Trinajstić information content (AvgIpc) is 2.68. The van der Waals surface area contributed by atoms with Gasteiger partial charge in [-0.2, -0.15) is 0 Å². The van der Waals surface area contributed by atoms with Crippen molar-refractivity contribution in [3.63, 3.8) is 0 Å². The maximum absolute atomic E-state index is 11.8. The number of hydrogen-bond acceptors (Lipinski definition) is 3. The van der Waals surface area contributed by atoms with Gasteiger partial charge < -0.3 is 4.90 Å². The zero-order valence-corrected chi connectivity index (χ0v) is 14.9. The van der Waals surface area contributed by atoms with Gasteiger partial charge >= 0.3 is 0 Å². The first kappa shape index (κ1) is 18.5. The SMILES string of the molecule is CCCCCCCCN(Cn1sc(Cl)c(Cl)c1=O)C(C)=O. The van der Waals surface area contributed by atoms with Gasteiger partial charge in [0.05, 0.1) is 0 Å². The van der Waals surface area contributed by atoms with Crippen LogP contribution in [0.15, 0.2) is 4.79 Å². The molecule has 1 rings (SSSR count). The summed E-state index contributed by atoms with van der Waals surface area (Å²) in [6.07, 6.45) is 6.97. The molecule has 21 heavy (non-hydrogen) atoms. The number of rotatable bonds is 9. The molecule has 1 amide bonds. The van der Waals surface area contributed by atoms with E-state index < -0.39 is 0 Å². The van der Waals surface area contributed by atoms with Gasteiger partial charge in [-0.25, -0.2) is 3.96 Å². The van der Waals surface area contributed by atoms with Crippen LogP contribution in [-0.4, -0.2) is 21.3 Å². The smallest absolute Gasteiger partial charge is 0.282 e. The van der Waals surface area contributed by atoms with Crippen molar-refractivity contribution in [2.45, 2.75) is 59.0 Å². The summed E-state index contributed by atoms with van der Waals surface area (Å²) >= 11 is 12.7. The predicted octanol–water partition coefficient (Wildman–Crippen LogP) is 4.38. The Morgan fingerprint density at radius 3 is 2.33 bits per heavy atom. The summed E-state index contributed by atoms with van der Waals surface area (Å²) in [6.45, 7) is 4.58. The molecule has 0 saturated carbocycles. The molecule has 0 bridgehead atoms. The molecule has 0 N–H and O–H groups in total. The van der Waals surface area contributed by atoms with Gasteiger partial charge in [0, 0.05) is 13.5 Å². The van der Waals surface area contributed by atoms with Crippen LogP contribution in [0.4, 0.5) is 0 Å². The monoisotopic (exact) mass is 352 g/mol. The summed E-state index contributed by atoms with van der Waals surface area (Å²) in [5, 5.41) is 0.0322. The van der Waals surface area contributed by atoms with Crippen LogP contribution < -0.4 is 5.56 Å². The quantitative estimate of drug-likeness (QED) is 0.618. The van der Waals surface area contributed by atoms with Gasteiger partial charge in [-0.05, 0) is 18.0 Å². The molecule has 0 aliphatic heterocycles. The average molecular weight is 353 g/mol. The largest absolute Gasteiger partial charge is 0.324 e. The highest BCUT2D eigenvalue weighted by Crippen LogP contribution is 2.23. The molecule has 0 radical (unpaired) electrons. The lowest BCUT2D eigenvalue weighted by atomic mass is 10.1. The summed E-state index contributed by atoms with van der Waals surface area (Å²) in [4.78, 5) is 25.1. The fourth-order valence-corrected chi connectivity index (χ4v) is 3.35. The fourth-order valence-electron chi connectivity index (χ4n) is 2.03. The molecule has 0 aliphatic rings. The molecule has 1 aromatic heterocycles. The minimum Gasteiger partial charge on any atom is -0.324 e. The summed E-state index contributed by atoms with van der Waals surface area (Å²) in [5.41, 5.74) is -0.333. The highest BCUT2D eigenvalue weighted by atomic mass is 35.5. The highest BCUT2D eigenvalue weighted by molar-refractivity contribution is 7.11. The Morgan fingerprint density at radius 1 is 1.19 bits per heavy atom. The number of aromatic nitrogens is 1. The number of hydrogen-bond donors (Lipinski definition) is 0. The minimum atomic E-state index is -0.333. The Hall–Kier alpha value is -0.520. The predicted molar refractivity (Wildman–Crippen MR) is 89.4 cm³/mol. The van der Waals surface area contributed by atoms with E-state index in [1.165, 1.54) is 36.6 Å². The van der Waals surface area contributed by atoms with E-state index in [0.29, 0.717) is 6.54 Å². The number of amides is 1. The maximum Gasteiger partial charge on any atom is 0.282 e. The van der Waals surface area contributed by atoms with Gasteiger partial charge in [0.25, 0.3) is 5.56 Å². The topological polar surface area (TPSA) is 42.3 Å². The van der Waals surface area contributed by atoms with Gasteiger partial charge in [-0.3, -0.25) is 9.59 Å². The molecule has 0 atom stereocenters. The number of nitrogens with zero attached hydrogens (tertiary/aromatic N) is 2. The van der Waals surface area contributed by atoms with Crippen LogP contribution in [0.5, 0.6) is 0 Å². The van der Waals surface area contributed by atoms with Crippen molar-refractivity contribution in [1.29, 1.82) is 0 Å². The first-order valence-corrected chi connectivity index (χ1v) is 8.81. The number of unbranched alkanes of at least 4 members (excludes halogenated alkanes) is 5. The van der Waals surface area contributed by atoms with E-state index in [4.69, 9.17) is 23.2 Å². The van der Waals surface area contributed by atoms with Crippen molar-refractivity contribution < 1.29 is 4.79 Å². The lowest BCUT2D eigenvalue weighted by molar-refractivity contribution is -0.130. The molecular weight excluding hydrogens is 331 g/mol. The number of halogens is 2. The van der Waals surface area contributed by atoms with Crippen LogP contribution in [0.3, 0.4) is 0 Å². The summed E-state index contributed by atoms with van der Waals surface area (Å²) in [5.74, 6) is -0.0453. The third-order valence-electron chi connectivity index (χ3n) is 3.30. The molecule has 120 valence electrons. The van der Waals surface area contributed by atoms with Crippen LogP contribution in [0.1, 0.15) is 52.4 Å². The zero-order chi connectivity index (χ0) is 15.8. The molecule has 4 nitrogen and oxygen atoms in total. The standard InChI is InChI=1S/C14H22Cl2N2O2S/c1-3-4-5-6-7-8-9-17(11(2)19)10-18-14(20)12(15)13(16)21-18/h3-10H2,1-2H3. The molecule has 0 aliphatic carbocycles. The lowest BCUT2D eigenvalue weighted by Crippen LogP contribution is -2.34. The number of carbonyl (C=O) groups is 1. The molecule has 0 saturated heterocycles. The Morgan fingerprint density at radius 2 is 1.81 bits per heavy atom. The minimum absolute atomic E-state index is 0.0322. The molecule has 0 unspecified atom stereocenters. The van der Waals surface area contributed by atoms with Gasteiger partial charge in [0.15, 0.2) is 0 Å². The zero-order valence-electron chi connectivity index (χ0n) is 12.5. The second kappa shape index (κ2) is 9.49. The molecule has 0 spiro atoms. The molecular formula is C14H22Cl2N2O2S. The highest BCUT2D eigenvalue weighted by Gasteiger charge is 2.15. The second-order valence-corrected chi connectivity index (χ2v) is 7.07. The first-order valence-electron chi connectivity index (χ1n) is 7.28. The Bertz CT molecular complexity index is 514. The van der Waals surface area contributed by atoms with Gasteiger partial charge in [-0.15, -0.1) is 0 Å². The lowest BCUT2D eigenvalue weighted by Gasteiger charge is -2.20. The maximum atomic E-state index is 11.8. The van der Waals surface area contributed by atoms with Crippen LogP contribution in [-0.2, 0) is 11.5 Å². The van der Waals surface area contributed by atoms with Crippen molar-refractivity contribution >= 4 is 40.6 Å². The summed E-state index contributed by atoms with van der Waals surface area (Å²) < 4.78 is 1.69. The summed E-state index contributed by atoms with van der Waals surface area (Å²) in [7, 11) is 0. The van der Waals surface area contributed by atoms with Gasteiger partial charge in [0.2, 0.25) is 5.91 Å². The van der Waals surface area contributed by atoms with Crippen LogP contribution >= 0.6 is 34.7 Å². The second-order valence-electron chi connectivity index (χ2n) is 5.05. The molecule has 7 heteroatoms. The van der Waals surface area contributed by atoms with Gasteiger partial charge in [-0.1, -0.05) is 62.2 Å². The van der Waals surface area contributed by atoms with Crippen molar-refractivity contribution in [2.75, 3.05) is 6.54 Å². The van der Waals surface area contributed by atoms with Crippen LogP contribution in [0.25, 0.3) is 0 Å². The van der Waals surface area contributed by atoms with E-state index in [9.17, 15) is 9.59 Å². The van der Waals surface area contributed by atoms with E-state index >= 15 is 0 Å². The molecule has 0 aromatic carbocycles. The van der Waals surface area contributed by atoms with Crippen molar-refractivity contribution in [3.8, 4) is 0 Å². The van der Waals surface area contributed by atoms with E-state index in [1.54, 1.807) is 4.90 Å². The van der Waals surface area contributed by atoms with Crippen LogP contribution in [0.2, 0.25) is 9.36 Å². The third-order valence-corrected chi connectivity index (χ3v) is 5.12.